The van der Waals surface area contributed by atoms with Crippen molar-refractivity contribution in [3.05, 3.63) is 72.3 Å². The highest BCUT2D eigenvalue weighted by Gasteiger charge is 2.27. The number of hydrogen-bond donors (Lipinski definition) is 1. The lowest BCUT2D eigenvalue weighted by Crippen LogP contribution is -2.39. The van der Waals surface area contributed by atoms with Gasteiger partial charge in [-0.1, -0.05) is 18.2 Å². The van der Waals surface area contributed by atoms with Crippen LogP contribution in [0.25, 0.3) is 0 Å². The molecule has 0 atom stereocenters. The molecule has 37 heavy (non-hydrogen) atoms. The molecule has 0 unspecified atom stereocenters. The Morgan fingerprint density at radius 1 is 0.946 bits per heavy atom. The predicted octanol–water partition coefficient (Wildman–Crippen LogP) is 3.46. The van der Waals surface area contributed by atoms with Gasteiger partial charge in [0.05, 0.1) is 44.7 Å². The molecular weight excluding hydrogens is 498 g/mol. The van der Waals surface area contributed by atoms with E-state index >= 15 is 0 Å². The van der Waals surface area contributed by atoms with Gasteiger partial charge in [0.2, 0.25) is 5.75 Å². The molecule has 11 heteroatoms. The van der Waals surface area contributed by atoms with E-state index in [9.17, 15) is 13.2 Å². The van der Waals surface area contributed by atoms with Crippen LogP contribution < -0.4 is 28.7 Å². The SMILES string of the molecule is CCOc1ccc(N(CC(=O)N/N=C\c2cc(OC)c(OC)c(OC)c2)S(=O)(=O)c2ccccc2)cc1. The van der Waals surface area contributed by atoms with Crippen LogP contribution in [0.2, 0.25) is 0 Å². The Morgan fingerprint density at radius 2 is 1.57 bits per heavy atom. The number of carbonyl (C=O) groups is 1. The Morgan fingerprint density at radius 3 is 2.11 bits per heavy atom. The number of ether oxygens (including phenoxy) is 4. The van der Waals surface area contributed by atoms with Gasteiger partial charge in [0, 0.05) is 5.56 Å². The molecule has 0 aliphatic carbocycles. The minimum absolute atomic E-state index is 0.0533. The summed E-state index contributed by atoms with van der Waals surface area (Å²) in [4.78, 5) is 12.8. The molecule has 0 saturated carbocycles. The summed E-state index contributed by atoms with van der Waals surface area (Å²) in [5.74, 6) is 1.21. The van der Waals surface area contributed by atoms with Crippen LogP contribution in [0.4, 0.5) is 5.69 Å². The number of methoxy groups -OCH3 is 3. The van der Waals surface area contributed by atoms with Gasteiger partial charge in [-0.15, -0.1) is 0 Å². The van der Waals surface area contributed by atoms with Gasteiger partial charge in [0.1, 0.15) is 12.3 Å². The van der Waals surface area contributed by atoms with E-state index in [1.54, 1.807) is 54.6 Å². The topological polar surface area (TPSA) is 116 Å². The number of hydrogen-bond acceptors (Lipinski definition) is 8. The molecule has 10 nitrogen and oxygen atoms in total. The Balaban J connectivity index is 1.83. The van der Waals surface area contributed by atoms with Crippen LogP contribution in [0.3, 0.4) is 0 Å². The van der Waals surface area contributed by atoms with E-state index < -0.39 is 22.5 Å². The highest BCUT2D eigenvalue weighted by atomic mass is 32.2. The summed E-state index contributed by atoms with van der Waals surface area (Å²) in [6.07, 6.45) is 1.38. The van der Waals surface area contributed by atoms with E-state index in [0.717, 1.165) is 4.31 Å². The van der Waals surface area contributed by atoms with Gasteiger partial charge in [-0.3, -0.25) is 9.10 Å². The van der Waals surface area contributed by atoms with Crippen LogP contribution in [0.1, 0.15) is 12.5 Å². The first-order valence-electron chi connectivity index (χ1n) is 11.3. The maximum absolute atomic E-state index is 13.4. The fraction of sp³-hybridized carbons (Fsp3) is 0.231. The van der Waals surface area contributed by atoms with E-state index in [1.165, 1.54) is 39.7 Å². The summed E-state index contributed by atoms with van der Waals surface area (Å²) in [5, 5.41) is 3.97. The third-order valence-electron chi connectivity index (χ3n) is 5.14. The fourth-order valence-electron chi connectivity index (χ4n) is 3.43. The largest absolute Gasteiger partial charge is 0.494 e. The smallest absolute Gasteiger partial charge is 0.264 e. The standard InChI is InChI=1S/C26H29N3O7S/c1-5-36-21-13-11-20(12-14-21)29(37(31,32)22-9-7-6-8-10-22)18-25(30)28-27-17-19-15-23(33-2)26(35-4)24(16-19)34-3/h6-17H,5,18H2,1-4H3,(H,28,30)/b27-17-. The van der Waals surface area contributed by atoms with Crippen molar-refractivity contribution >= 4 is 27.8 Å². The molecule has 0 heterocycles. The van der Waals surface area contributed by atoms with Gasteiger partial charge in [0.15, 0.2) is 11.5 Å². The third-order valence-corrected chi connectivity index (χ3v) is 6.93. The molecular formula is C26H29N3O7S. The lowest BCUT2D eigenvalue weighted by molar-refractivity contribution is -0.119. The van der Waals surface area contributed by atoms with E-state index in [0.29, 0.717) is 40.9 Å². The molecule has 3 aromatic rings. The molecule has 1 N–H and O–H groups in total. The van der Waals surface area contributed by atoms with Crippen molar-refractivity contribution in [1.82, 2.24) is 5.43 Å². The summed E-state index contributed by atoms with van der Waals surface area (Å²) in [7, 11) is 0.427. The van der Waals surface area contributed by atoms with Gasteiger partial charge in [-0.2, -0.15) is 5.10 Å². The number of nitrogens with zero attached hydrogens (tertiary/aromatic N) is 2. The molecule has 0 bridgehead atoms. The number of benzene rings is 3. The molecule has 3 aromatic carbocycles. The molecule has 0 saturated heterocycles. The average Bonchev–Trinajstić information content (AvgIpc) is 2.92. The van der Waals surface area contributed by atoms with Gasteiger partial charge >= 0.3 is 0 Å². The Labute approximate surface area is 216 Å². The van der Waals surface area contributed by atoms with Crippen LogP contribution in [0, 0.1) is 0 Å². The van der Waals surface area contributed by atoms with Crippen LogP contribution in [0.5, 0.6) is 23.0 Å². The summed E-state index contributed by atoms with van der Waals surface area (Å²) in [6, 6.07) is 17.7. The number of rotatable bonds is 12. The van der Waals surface area contributed by atoms with Crippen molar-refractivity contribution in [2.75, 3.05) is 38.8 Å². The molecule has 0 aliphatic heterocycles. The van der Waals surface area contributed by atoms with Crippen molar-refractivity contribution in [2.24, 2.45) is 5.10 Å². The third kappa shape index (κ3) is 6.70. The number of sulfonamides is 1. The minimum atomic E-state index is -4.04. The van der Waals surface area contributed by atoms with Gasteiger partial charge in [-0.25, -0.2) is 13.8 Å². The summed E-state index contributed by atoms with van der Waals surface area (Å²) >= 11 is 0. The van der Waals surface area contributed by atoms with Gasteiger partial charge in [-0.05, 0) is 55.5 Å². The van der Waals surface area contributed by atoms with Crippen LogP contribution in [0.15, 0.2) is 76.7 Å². The summed E-state index contributed by atoms with van der Waals surface area (Å²) in [5.41, 5.74) is 3.24. The monoisotopic (exact) mass is 527 g/mol. The Hall–Kier alpha value is -4.25. The number of nitrogens with one attached hydrogen (secondary N) is 1. The van der Waals surface area contributed by atoms with Gasteiger partial charge in [0.25, 0.3) is 15.9 Å². The normalized spacial score (nSPS) is 11.1. The summed E-state index contributed by atoms with van der Waals surface area (Å²) < 4.78 is 49.2. The van der Waals surface area contributed by atoms with Gasteiger partial charge < -0.3 is 18.9 Å². The second kappa shape index (κ2) is 12.6. The van der Waals surface area contributed by atoms with E-state index in [4.69, 9.17) is 18.9 Å². The zero-order chi connectivity index (χ0) is 26.8. The molecule has 3 rings (SSSR count). The maximum Gasteiger partial charge on any atom is 0.264 e. The number of hydrazone groups is 1. The van der Waals surface area contributed by atoms with Crippen LogP contribution in [-0.4, -0.2) is 55.0 Å². The second-order valence-electron chi connectivity index (χ2n) is 7.50. The molecule has 0 fully saturated rings. The van der Waals surface area contributed by atoms with Crippen molar-refractivity contribution in [1.29, 1.82) is 0 Å². The van der Waals surface area contributed by atoms with Crippen molar-refractivity contribution < 1.29 is 32.2 Å². The van der Waals surface area contributed by atoms with Crippen molar-refractivity contribution in [3.63, 3.8) is 0 Å². The molecule has 196 valence electrons. The highest BCUT2D eigenvalue weighted by molar-refractivity contribution is 7.92. The molecule has 0 aliphatic rings. The first kappa shape index (κ1) is 27.3. The van der Waals surface area contributed by atoms with E-state index in [2.05, 4.69) is 10.5 Å². The first-order valence-corrected chi connectivity index (χ1v) is 12.7. The molecule has 0 spiro atoms. The molecule has 0 radical (unpaired) electrons. The zero-order valence-corrected chi connectivity index (χ0v) is 21.8. The van der Waals surface area contributed by atoms with E-state index in [1.807, 2.05) is 6.92 Å². The van der Waals surface area contributed by atoms with Crippen LogP contribution in [-0.2, 0) is 14.8 Å². The first-order chi connectivity index (χ1) is 17.8. The quantitative estimate of drug-likeness (QED) is 0.283. The fourth-order valence-corrected chi connectivity index (χ4v) is 4.87. The molecule has 1 amide bonds. The average molecular weight is 528 g/mol. The highest BCUT2D eigenvalue weighted by Crippen LogP contribution is 2.37. The Kier molecular flexibility index (Phi) is 9.33. The number of amides is 1. The predicted molar refractivity (Wildman–Crippen MR) is 140 cm³/mol. The number of carbonyl (C=O) groups excluding carboxylic acids is 1. The maximum atomic E-state index is 13.4. The number of anilines is 1. The minimum Gasteiger partial charge on any atom is -0.494 e. The summed E-state index contributed by atoms with van der Waals surface area (Å²) in [6.45, 7) is 1.82. The second-order valence-corrected chi connectivity index (χ2v) is 9.37. The lowest BCUT2D eigenvalue weighted by Gasteiger charge is -2.24. The van der Waals surface area contributed by atoms with Crippen molar-refractivity contribution in [2.45, 2.75) is 11.8 Å². The van der Waals surface area contributed by atoms with E-state index in [-0.39, 0.29) is 4.90 Å². The Bertz CT molecular complexity index is 1300. The van der Waals surface area contributed by atoms with Crippen molar-refractivity contribution in [3.8, 4) is 23.0 Å². The molecule has 0 aromatic heterocycles. The lowest BCUT2D eigenvalue weighted by atomic mass is 10.2. The van der Waals surface area contributed by atoms with Crippen LogP contribution >= 0.6 is 0 Å². The zero-order valence-electron chi connectivity index (χ0n) is 21.0.